The summed E-state index contributed by atoms with van der Waals surface area (Å²) in [6, 6.07) is 3.68. The fourth-order valence-electron chi connectivity index (χ4n) is 3.36. The summed E-state index contributed by atoms with van der Waals surface area (Å²) >= 11 is 0. The minimum absolute atomic E-state index is 0.0253. The van der Waals surface area contributed by atoms with E-state index >= 15 is 0 Å². The fourth-order valence-corrected chi connectivity index (χ4v) is 3.36. The Morgan fingerprint density at radius 1 is 1.48 bits per heavy atom. The molecule has 4 heterocycles. The molecule has 3 N–H and O–H groups in total. The topological polar surface area (TPSA) is 117 Å². The highest BCUT2D eigenvalue weighted by Crippen LogP contribution is 2.28. The number of carbonyl (C=O) groups excluding carboxylic acids is 2. The van der Waals surface area contributed by atoms with Crippen LogP contribution in [0.4, 0.5) is 0 Å². The van der Waals surface area contributed by atoms with Crippen molar-refractivity contribution in [2.45, 2.75) is 25.9 Å². The second-order valence-corrected chi connectivity index (χ2v) is 6.84. The molecule has 9 heteroatoms. The number of carbonyl (C=O) groups is 2. The summed E-state index contributed by atoms with van der Waals surface area (Å²) in [5.74, 6) is -1.20. The number of rotatable bonds is 5. The third-order valence-corrected chi connectivity index (χ3v) is 4.86. The molecular weight excluding hydrogens is 376 g/mol. The number of hydrogen-bond acceptors (Lipinski definition) is 8. The number of aromatic amines is 1. The molecule has 29 heavy (non-hydrogen) atoms. The van der Waals surface area contributed by atoms with Gasteiger partial charge in [0.15, 0.2) is 11.3 Å². The molecule has 0 saturated carbocycles. The van der Waals surface area contributed by atoms with Crippen LogP contribution in [-0.4, -0.2) is 57.6 Å². The molecule has 2 aromatic heterocycles. The van der Waals surface area contributed by atoms with E-state index in [9.17, 15) is 14.7 Å². The van der Waals surface area contributed by atoms with Crippen molar-refractivity contribution in [2.75, 3.05) is 19.7 Å². The Hall–Kier alpha value is -3.17. The largest absolute Gasteiger partial charge is 0.462 e. The molecule has 2 aliphatic heterocycles. The number of pyridine rings is 1. The van der Waals surface area contributed by atoms with Gasteiger partial charge in [-0.2, -0.15) is 0 Å². The van der Waals surface area contributed by atoms with Crippen LogP contribution >= 0.6 is 0 Å². The first-order valence-corrected chi connectivity index (χ1v) is 9.54. The molecule has 0 spiro atoms. The van der Waals surface area contributed by atoms with E-state index in [0.29, 0.717) is 31.6 Å². The van der Waals surface area contributed by atoms with Crippen molar-refractivity contribution in [1.82, 2.24) is 20.4 Å². The van der Waals surface area contributed by atoms with E-state index in [1.165, 1.54) is 0 Å². The van der Waals surface area contributed by atoms with E-state index in [2.05, 4.69) is 15.4 Å². The van der Waals surface area contributed by atoms with Gasteiger partial charge in [0.05, 0.1) is 12.7 Å². The maximum absolute atomic E-state index is 12.9. The second-order valence-electron chi connectivity index (χ2n) is 6.84. The predicted molar refractivity (Wildman–Crippen MR) is 104 cm³/mol. The number of allylic oxidation sites excluding steroid dienone is 1. The molecule has 0 amide bonds. The summed E-state index contributed by atoms with van der Waals surface area (Å²) in [4.78, 5) is 32.6. The zero-order chi connectivity index (χ0) is 20.4. The number of aliphatic hydroxyl groups is 1. The van der Waals surface area contributed by atoms with Crippen molar-refractivity contribution in [1.29, 1.82) is 0 Å². The SMILES string of the molecule is CCOC(=O)C1=C(NN2CCC(O)CC2)OC(=Cc2c[nH]c3ncccc23)C1=O. The Labute approximate surface area is 167 Å². The van der Waals surface area contributed by atoms with Crippen LogP contribution in [-0.2, 0) is 19.1 Å². The number of nitrogens with zero attached hydrogens (tertiary/aromatic N) is 2. The first-order chi connectivity index (χ1) is 14.1. The molecule has 0 bridgehead atoms. The fraction of sp³-hybridized carbons (Fsp3) is 0.350. The number of H-pyrrole nitrogens is 1. The van der Waals surface area contributed by atoms with Gasteiger partial charge in [0.25, 0.3) is 0 Å². The highest BCUT2D eigenvalue weighted by atomic mass is 16.5. The summed E-state index contributed by atoms with van der Waals surface area (Å²) in [6.45, 7) is 2.94. The molecule has 2 aliphatic rings. The number of ketones is 1. The number of hydrazine groups is 1. The third kappa shape index (κ3) is 3.87. The molecule has 4 rings (SSSR count). The number of fused-ring (bicyclic) bond motifs is 1. The van der Waals surface area contributed by atoms with Crippen LogP contribution in [0.3, 0.4) is 0 Å². The normalized spacial score (nSPS) is 19.8. The number of aliphatic hydroxyl groups excluding tert-OH is 1. The minimum Gasteiger partial charge on any atom is -0.462 e. The molecule has 0 unspecified atom stereocenters. The first-order valence-electron chi connectivity index (χ1n) is 9.54. The number of nitrogens with one attached hydrogen (secondary N) is 2. The number of Topliss-reactive ketones (excluding diaryl/α,β-unsaturated/α-hetero) is 1. The van der Waals surface area contributed by atoms with Crippen molar-refractivity contribution < 1.29 is 24.2 Å². The van der Waals surface area contributed by atoms with Crippen LogP contribution in [0.5, 0.6) is 0 Å². The van der Waals surface area contributed by atoms with E-state index in [1.54, 1.807) is 31.5 Å². The highest BCUT2D eigenvalue weighted by molar-refractivity contribution is 6.26. The van der Waals surface area contributed by atoms with Crippen molar-refractivity contribution in [3.05, 3.63) is 47.3 Å². The van der Waals surface area contributed by atoms with Gasteiger partial charge in [-0.15, -0.1) is 0 Å². The molecule has 2 aromatic rings. The molecule has 1 fully saturated rings. The van der Waals surface area contributed by atoms with Crippen molar-refractivity contribution >= 4 is 28.9 Å². The zero-order valence-electron chi connectivity index (χ0n) is 16.0. The quantitative estimate of drug-likeness (QED) is 0.391. The van der Waals surface area contributed by atoms with Crippen LogP contribution in [0, 0.1) is 0 Å². The second kappa shape index (κ2) is 8.06. The predicted octanol–water partition coefficient (Wildman–Crippen LogP) is 1.24. The summed E-state index contributed by atoms with van der Waals surface area (Å²) in [5.41, 5.74) is 4.25. The van der Waals surface area contributed by atoms with E-state index in [1.807, 2.05) is 11.1 Å². The van der Waals surface area contributed by atoms with E-state index in [4.69, 9.17) is 9.47 Å². The van der Waals surface area contributed by atoms with E-state index in [0.717, 1.165) is 10.9 Å². The van der Waals surface area contributed by atoms with Gasteiger partial charge in [-0.25, -0.2) is 14.8 Å². The highest BCUT2D eigenvalue weighted by Gasteiger charge is 2.38. The van der Waals surface area contributed by atoms with E-state index < -0.39 is 11.8 Å². The number of aromatic nitrogens is 2. The molecule has 0 aliphatic carbocycles. The molecule has 9 nitrogen and oxygen atoms in total. The lowest BCUT2D eigenvalue weighted by Crippen LogP contribution is -2.45. The molecule has 0 radical (unpaired) electrons. The third-order valence-electron chi connectivity index (χ3n) is 4.86. The molecular formula is C20H22N4O5. The van der Waals surface area contributed by atoms with Gasteiger partial charge in [-0.05, 0) is 38.0 Å². The van der Waals surface area contributed by atoms with Crippen LogP contribution < -0.4 is 5.43 Å². The molecule has 152 valence electrons. The van der Waals surface area contributed by atoms with Crippen LogP contribution in [0.25, 0.3) is 17.1 Å². The van der Waals surface area contributed by atoms with Gasteiger partial charge in [0.2, 0.25) is 11.7 Å². The monoisotopic (exact) mass is 398 g/mol. The summed E-state index contributed by atoms with van der Waals surface area (Å²) < 4.78 is 10.8. The lowest BCUT2D eigenvalue weighted by Gasteiger charge is -2.30. The number of ether oxygens (including phenoxy) is 2. The summed E-state index contributed by atoms with van der Waals surface area (Å²) in [6.07, 6.45) is 5.82. The van der Waals surface area contributed by atoms with Gasteiger partial charge in [-0.1, -0.05) is 0 Å². The van der Waals surface area contributed by atoms with Crippen LogP contribution in [0.2, 0.25) is 0 Å². The smallest absolute Gasteiger partial charge is 0.347 e. The van der Waals surface area contributed by atoms with E-state index in [-0.39, 0.29) is 29.9 Å². The first kappa shape index (κ1) is 19.2. The maximum atomic E-state index is 12.9. The lowest BCUT2D eigenvalue weighted by atomic mass is 10.1. The van der Waals surface area contributed by atoms with Crippen molar-refractivity contribution in [3.63, 3.8) is 0 Å². The number of hydrogen-bond donors (Lipinski definition) is 3. The summed E-state index contributed by atoms with van der Waals surface area (Å²) in [7, 11) is 0. The zero-order valence-corrected chi connectivity index (χ0v) is 16.0. The Bertz CT molecular complexity index is 1000. The molecule has 1 saturated heterocycles. The van der Waals surface area contributed by atoms with Crippen molar-refractivity contribution in [2.24, 2.45) is 0 Å². The van der Waals surface area contributed by atoms with Crippen LogP contribution in [0.1, 0.15) is 25.3 Å². The average molecular weight is 398 g/mol. The Morgan fingerprint density at radius 3 is 3.03 bits per heavy atom. The minimum atomic E-state index is -0.735. The standard InChI is InChI=1S/C20H22N4O5/c1-2-28-20(27)16-17(26)15(10-12-11-22-18-14(12)4-3-7-21-18)29-19(16)23-24-8-5-13(25)6-9-24/h3-4,7,10-11,13,23,25H,2,5-6,8-9H2,1H3,(H,21,22). The maximum Gasteiger partial charge on any atom is 0.347 e. The van der Waals surface area contributed by atoms with Gasteiger partial charge < -0.3 is 19.6 Å². The van der Waals surface area contributed by atoms with Gasteiger partial charge in [0, 0.05) is 36.4 Å². The van der Waals surface area contributed by atoms with Crippen LogP contribution in [0.15, 0.2) is 41.7 Å². The Balaban J connectivity index is 1.62. The van der Waals surface area contributed by atoms with Gasteiger partial charge in [0.1, 0.15) is 5.65 Å². The summed E-state index contributed by atoms with van der Waals surface area (Å²) in [5, 5.41) is 12.3. The Kier molecular flexibility index (Phi) is 5.32. The van der Waals surface area contributed by atoms with Gasteiger partial charge >= 0.3 is 5.97 Å². The van der Waals surface area contributed by atoms with Crippen molar-refractivity contribution in [3.8, 4) is 0 Å². The molecule has 0 aromatic carbocycles. The lowest BCUT2D eigenvalue weighted by molar-refractivity contribution is -0.139. The average Bonchev–Trinajstić information content (AvgIpc) is 3.25. The van der Waals surface area contributed by atoms with Gasteiger partial charge in [-0.3, -0.25) is 10.2 Å². The Morgan fingerprint density at radius 2 is 2.28 bits per heavy atom. The molecule has 0 atom stereocenters. The number of esters is 1. The number of piperidine rings is 1.